The predicted octanol–water partition coefficient (Wildman–Crippen LogP) is 3.62. The summed E-state index contributed by atoms with van der Waals surface area (Å²) in [7, 11) is 0. The first-order valence-electron chi connectivity index (χ1n) is 7.54. The molecule has 4 nitrogen and oxygen atoms in total. The number of rotatable bonds is 3. The monoisotopic (exact) mass is 305 g/mol. The van der Waals surface area contributed by atoms with Crippen LogP contribution >= 0.6 is 0 Å². The van der Waals surface area contributed by atoms with Crippen LogP contribution in [0.4, 0.5) is 11.4 Å². The maximum absolute atomic E-state index is 12.3. The molecule has 0 aliphatic carbocycles. The van der Waals surface area contributed by atoms with Crippen LogP contribution in [0.25, 0.3) is 10.9 Å². The zero-order valence-electron chi connectivity index (χ0n) is 13.3. The number of carbonyl (C=O) groups excluding carboxylic acids is 1. The van der Waals surface area contributed by atoms with Crippen molar-refractivity contribution in [3.8, 4) is 0 Å². The van der Waals surface area contributed by atoms with Crippen LogP contribution in [0, 0.1) is 13.8 Å². The van der Waals surface area contributed by atoms with Gasteiger partial charge < -0.3 is 11.1 Å². The minimum Gasteiger partial charge on any atom is -0.397 e. The van der Waals surface area contributed by atoms with Crippen molar-refractivity contribution in [3.63, 3.8) is 0 Å². The lowest BCUT2D eigenvalue weighted by Gasteiger charge is -2.09. The van der Waals surface area contributed by atoms with E-state index in [9.17, 15) is 4.79 Å². The maximum Gasteiger partial charge on any atom is 0.230 e. The Balaban J connectivity index is 1.78. The average Bonchev–Trinajstić information content (AvgIpc) is 2.51. The Kier molecular flexibility index (Phi) is 3.98. The van der Waals surface area contributed by atoms with Gasteiger partial charge in [0.05, 0.1) is 23.3 Å². The van der Waals surface area contributed by atoms with E-state index < -0.39 is 0 Å². The van der Waals surface area contributed by atoms with Crippen molar-refractivity contribution in [2.75, 3.05) is 11.1 Å². The van der Waals surface area contributed by atoms with Gasteiger partial charge in [-0.3, -0.25) is 9.78 Å². The normalized spacial score (nSPS) is 10.7. The van der Waals surface area contributed by atoms with Gasteiger partial charge in [-0.15, -0.1) is 0 Å². The first-order chi connectivity index (χ1) is 11.0. The van der Waals surface area contributed by atoms with Crippen molar-refractivity contribution in [2.24, 2.45) is 0 Å². The fourth-order valence-corrected chi connectivity index (χ4v) is 2.62. The Morgan fingerprint density at radius 3 is 2.74 bits per heavy atom. The molecule has 3 N–H and O–H groups in total. The summed E-state index contributed by atoms with van der Waals surface area (Å²) in [5.74, 6) is -0.0849. The largest absolute Gasteiger partial charge is 0.397 e. The van der Waals surface area contributed by atoms with Crippen LogP contribution in [-0.2, 0) is 11.2 Å². The smallest absolute Gasteiger partial charge is 0.230 e. The molecule has 0 aliphatic rings. The third kappa shape index (κ3) is 3.31. The van der Waals surface area contributed by atoms with E-state index in [0.29, 0.717) is 11.4 Å². The van der Waals surface area contributed by atoms with Gasteiger partial charge in [0, 0.05) is 11.1 Å². The van der Waals surface area contributed by atoms with Crippen LogP contribution in [0.15, 0.2) is 48.5 Å². The van der Waals surface area contributed by atoms with E-state index in [1.807, 2.05) is 62.4 Å². The summed E-state index contributed by atoms with van der Waals surface area (Å²) in [6, 6.07) is 15.4. The van der Waals surface area contributed by atoms with Crippen molar-refractivity contribution in [2.45, 2.75) is 20.3 Å². The topological polar surface area (TPSA) is 68.0 Å². The number of hydrogen-bond acceptors (Lipinski definition) is 3. The number of nitrogens with two attached hydrogens (primary N) is 1. The van der Waals surface area contributed by atoms with Gasteiger partial charge in [0.1, 0.15) is 0 Å². The first-order valence-corrected chi connectivity index (χ1v) is 7.54. The van der Waals surface area contributed by atoms with Crippen LogP contribution in [0.2, 0.25) is 0 Å². The number of benzene rings is 2. The quantitative estimate of drug-likeness (QED) is 0.726. The minimum atomic E-state index is -0.0849. The molecule has 2 aromatic carbocycles. The van der Waals surface area contributed by atoms with Crippen LogP contribution in [0.3, 0.4) is 0 Å². The van der Waals surface area contributed by atoms with Crippen molar-refractivity contribution in [1.82, 2.24) is 4.98 Å². The molecule has 0 bridgehead atoms. The molecule has 0 atom stereocenters. The lowest BCUT2D eigenvalue weighted by atomic mass is 10.1. The molecule has 3 rings (SSSR count). The number of anilines is 2. The Morgan fingerprint density at radius 2 is 1.96 bits per heavy atom. The summed E-state index contributed by atoms with van der Waals surface area (Å²) >= 11 is 0. The zero-order valence-corrected chi connectivity index (χ0v) is 13.3. The molecule has 0 saturated heterocycles. The van der Waals surface area contributed by atoms with Gasteiger partial charge in [-0.2, -0.15) is 0 Å². The molecule has 0 fully saturated rings. The summed E-state index contributed by atoms with van der Waals surface area (Å²) < 4.78 is 0. The summed E-state index contributed by atoms with van der Waals surface area (Å²) in [4.78, 5) is 16.8. The Morgan fingerprint density at radius 1 is 1.13 bits per heavy atom. The van der Waals surface area contributed by atoms with Crippen molar-refractivity contribution in [1.29, 1.82) is 0 Å². The number of nitrogens with one attached hydrogen (secondary N) is 1. The van der Waals surface area contributed by atoms with Crippen molar-refractivity contribution >= 4 is 28.2 Å². The minimum absolute atomic E-state index is 0.0849. The molecule has 0 unspecified atom stereocenters. The summed E-state index contributed by atoms with van der Waals surface area (Å²) in [5.41, 5.74) is 11.1. The fourth-order valence-electron chi connectivity index (χ4n) is 2.62. The number of amides is 1. The van der Waals surface area contributed by atoms with Crippen LogP contribution in [0.5, 0.6) is 0 Å². The third-order valence-corrected chi connectivity index (χ3v) is 3.81. The highest BCUT2D eigenvalue weighted by atomic mass is 16.1. The van der Waals surface area contributed by atoms with E-state index in [1.165, 1.54) is 5.56 Å². The second kappa shape index (κ2) is 6.08. The second-order valence-electron chi connectivity index (χ2n) is 5.76. The Hall–Kier alpha value is -2.88. The predicted molar refractivity (Wildman–Crippen MR) is 94.4 cm³/mol. The molecule has 0 radical (unpaired) electrons. The number of aryl methyl sites for hydroxylation is 2. The summed E-state index contributed by atoms with van der Waals surface area (Å²) in [5, 5.41) is 3.91. The zero-order chi connectivity index (χ0) is 16.4. The molecule has 1 amide bonds. The number of pyridine rings is 1. The lowest BCUT2D eigenvalue weighted by Crippen LogP contribution is -2.16. The third-order valence-electron chi connectivity index (χ3n) is 3.81. The van der Waals surface area contributed by atoms with Crippen molar-refractivity contribution < 1.29 is 4.79 Å². The lowest BCUT2D eigenvalue weighted by molar-refractivity contribution is -0.115. The molecular weight excluding hydrogens is 286 g/mol. The molecule has 3 aromatic rings. The molecule has 4 heteroatoms. The molecule has 23 heavy (non-hydrogen) atoms. The van der Waals surface area contributed by atoms with Gasteiger partial charge in [-0.25, -0.2) is 0 Å². The molecule has 1 heterocycles. The van der Waals surface area contributed by atoms with E-state index in [0.717, 1.165) is 22.2 Å². The Labute approximate surface area is 135 Å². The molecule has 0 aliphatic heterocycles. The van der Waals surface area contributed by atoms with E-state index in [4.69, 9.17) is 5.73 Å². The molecule has 0 saturated carbocycles. The van der Waals surface area contributed by atoms with Gasteiger partial charge in [0.15, 0.2) is 0 Å². The second-order valence-corrected chi connectivity index (χ2v) is 5.76. The number of nitrogens with zero attached hydrogens (tertiary/aromatic N) is 1. The SMILES string of the molecule is Cc1ccc(NC(=O)Cc2ccc3cccc(N)c3n2)c(C)c1. The number of nitrogen functional groups attached to an aromatic ring is 1. The number of fused-ring (bicyclic) bond motifs is 1. The van der Waals surface area contributed by atoms with E-state index in [1.54, 1.807) is 0 Å². The highest BCUT2D eigenvalue weighted by molar-refractivity contribution is 5.94. The van der Waals surface area contributed by atoms with E-state index in [-0.39, 0.29) is 12.3 Å². The summed E-state index contributed by atoms with van der Waals surface area (Å²) in [6.07, 6.45) is 0.220. The number of aromatic nitrogens is 1. The van der Waals surface area contributed by atoms with Gasteiger partial charge in [0.2, 0.25) is 5.91 Å². The van der Waals surface area contributed by atoms with Crippen LogP contribution in [-0.4, -0.2) is 10.9 Å². The van der Waals surface area contributed by atoms with E-state index in [2.05, 4.69) is 10.3 Å². The van der Waals surface area contributed by atoms with Crippen LogP contribution in [0.1, 0.15) is 16.8 Å². The highest BCUT2D eigenvalue weighted by Crippen LogP contribution is 2.20. The van der Waals surface area contributed by atoms with Gasteiger partial charge >= 0.3 is 0 Å². The summed E-state index contributed by atoms with van der Waals surface area (Å²) in [6.45, 7) is 4.01. The molecule has 0 spiro atoms. The van der Waals surface area contributed by atoms with Gasteiger partial charge in [0.25, 0.3) is 0 Å². The van der Waals surface area contributed by atoms with Crippen LogP contribution < -0.4 is 11.1 Å². The fraction of sp³-hybridized carbons (Fsp3) is 0.158. The van der Waals surface area contributed by atoms with Gasteiger partial charge in [-0.1, -0.05) is 35.9 Å². The molecular formula is C19H19N3O. The molecule has 1 aromatic heterocycles. The standard InChI is InChI=1S/C19H19N3O/c1-12-6-9-17(13(2)10-12)22-18(23)11-15-8-7-14-4-3-5-16(20)19(14)21-15/h3-10H,11,20H2,1-2H3,(H,22,23). The number of carbonyl (C=O) groups is 1. The number of para-hydroxylation sites is 1. The Bertz CT molecular complexity index is 887. The van der Waals surface area contributed by atoms with Gasteiger partial charge in [-0.05, 0) is 37.6 Å². The molecule has 116 valence electrons. The average molecular weight is 305 g/mol. The van der Waals surface area contributed by atoms with Crippen molar-refractivity contribution in [3.05, 3.63) is 65.4 Å². The maximum atomic E-state index is 12.3. The first kappa shape index (κ1) is 15.0. The number of hydrogen-bond donors (Lipinski definition) is 2. The highest BCUT2D eigenvalue weighted by Gasteiger charge is 2.08. The van der Waals surface area contributed by atoms with E-state index >= 15 is 0 Å².